The molecular weight excluding hydrogens is 245 g/mol. The lowest BCUT2D eigenvalue weighted by atomic mass is 10.1. The topological polar surface area (TPSA) is 29.5 Å². The molecule has 1 rings (SSSR count). The molecule has 106 valence electrons. The van der Waals surface area contributed by atoms with E-state index < -0.39 is 11.8 Å². The number of hydrogen-bond donors (Lipinski definition) is 0. The Balaban J connectivity index is 2.74. The number of rotatable bonds is 7. The van der Waals surface area contributed by atoms with Crippen molar-refractivity contribution in [2.75, 3.05) is 20.2 Å². The van der Waals surface area contributed by atoms with Gasteiger partial charge >= 0.3 is 5.97 Å². The van der Waals surface area contributed by atoms with Crippen LogP contribution in [0, 0.1) is 5.82 Å². The molecule has 0 aliphatic carbocycles. The molecule has 0 saturated carbocycles. The number of esters is 1. The second kappa shape index (κ2) is 7.89. The maximum atomic E-state index is 13.8. The van der Waals surface area contributed by atoms with Gasteiger partial charge in [0.15, 0.2) is 0 Å². The van der Waals surface area contributed by atoms with Gasteiger partial charge in [-0.1, -0.05) is 26.3 Å². The fourth-order valence-corrected chi connectivity index (χ4v) is 1.92. The van der Waals surface area contributed by atoms with Crippen LogP contribution in [0.3, 0.4) is 0 Å². The zero-order chi connectivity index (χ0) is 14.3. The number of halogens is 1. The normalized spacial score (nSPS) is 10.8. The Labute approximate surface area is 114 Å². The van der Waals surface area contributed by atoms with Crippen LogP contribution in [-0.2, 0) is 11.3 Å². The molecule has 0 atom stereocenters. The van der Waals surface area contributed by atoms with Gasteiger partial charge in [0.05, 0.1) is 12.7 Å². The molecular formula is C15H22FNO2. The zero-order valence-electron chi connectivity index (χ0n) is 11.9. The average Bonchev–Trinajstić information content (AvgIpc) is 2.42. The quantitative estimate of drug-likeness (QED) is 0.710. The summed E-state index contributed by atoms with van der Waals surface area (Å²) in [6.45, 7) is 6.89. The van der Waals surface area contributed by atoms with E-state index in [1.165, 1.54) is 19.2 Å². The largest absolute Gasteiger partial charge is 0.465 e. The SMILES string of the molecule is CCCCN(CC)Cc1ccc(C(=O)OC)c(F)c1. The Hall–Kier alpha value is -1.42. The number of carbonyl (C=O) groups is 1. The molecule has 0 spiro atoms. The highest BCUT2D eigenvalue weighted by atomic mass is 19.1. The second-order valence-electron chi connectivity index (χ2n) is 4.53. The van der Waals surface area contributed by atoms with Crippen molar-refractivity contribution in [1.29, 1.82) is 0 Å². The van der Waals surface area contributed by atoms with Crippen molar-refractivity contribution in [2.45, 2.75) is 33.2 Å². The predicted molar refractivity (Wildman–Crippen MR) is 73.6 cm³/mol. The zero-order valence-corrected chi connectivity index (χ0v) is 11.9. The van der Waals surface area contributed by atoms with Crippen molar-refractivity contribution in [3.05, 3.63) is 35.1 Å². The van der Waals surface area contributed by atoms with E-state index in [9.17, 15) is 9.18 Å². The summed E-state index contributed by atoms with van der Waals surface area (Å²) in [7, 11) is 1.25. The highest BCUT2D eigenvalue weighted by Crippen LogP contribution is 2.13. The third kappa shape index (κ3) is 4.63. The standard InChI is InChI=1S/C15H22FNO2/c1-4-6-9-17(5-2)11-12-7-8-13(14(16)10-12)15(18)19-3/h7-8,10H,4-6,9,11H2,1-3H3. The van der Waals surface area contributed by atoms with Gasteiger partial charge in [-0.15, -0.1) is 0 Å². The fraction of sp³-hybridized carbons (Fsp3) is 0.533. The summed E-state index contributed by atoms with van der Waals surface area (Å²) in [4.78, 5) is 13.6. The van der Waals surface area contributed by atoms with E-state index in [1.807, 2.05) is 0 Å². The summed E-state index contributed by atoms with van der Waals surface area (Å²) in [5, 5.41) is 0. The smallest absolute Gasteiger partial charge is 0.340 e. The summed E-state index contributed by atoms with van der Waals surface area (Å²) in [6.07, 6.45) is 2.28. The lowest BCUT2D eigenvalue weighted by Crippen LogP contribution is -2.24. The lowest BCUT2D eigenvalue weighted by molar-refractivity contribution is 0.0595. The first-order valence-electron chi connectivity index (χ1n) is 6.71. The molecule has 4 heteroatoms. The van der Waals surface area contributed by atoms with Crippen LogP contribution in [0.4, 0.5) is 4.39 Å². The number of ether oxygens (including phenoxy) is 1. The lowest BCUT2D eigenvalue weighted by Gasteiger charge is -2.20. The monoisotopic (exact) mass is 267 g/mol. The Morgan fingerprint density at radius 1 is 1.37 bits per heavy atom. The van der Waals surface area contributed by atoms with E-state index in [1.54, 1.807) is 6.07 Å². The van der Waals surface area contributed by atoms with Gasteiger partial charge in [-0.05, 0) is 37.2 Å². The summed E-state index contributed by atoms with van der Waals surface area (Å²) in [5.41, 5.74) is 0.867. The maximum absolute atomic E-state index is 13.8. The van der Waals surface area contributed by atoms with Gasteiger partial charge in [0, 0.05) is 6.54 Å². The molecule has 0 radical (unpaired) electrons. The van der Waals surface area contributed by atoms with E-state index in [0.29, 0.717) is 6.54 Å². The first kappa shape index (κ1) is 15.6. The molecule has 0 aromatic heterocycles. The Bertz CT molecular complexity index is 421. The maximum Gasteiger partial charge on any atom is 0.340 e. The Morgan fingerprint density at radius 3 is 2.63 bits per heavy atom. The molecule has 0 aliphatic heterocycles. The molecule has 0 unspecified atom stereocenters. The van der Waals surface area contributed by atoms with Crippen LogP contribution in [0.25, 0.3) is 0 Å². The van der Waals surface area contributed by atoms with Gasteiger partial charge in [0.2, 0.25) is 0 Å². The van der Waals surface area contributed by atoms with Gasteiger partial charge in [-0.25, -0.2) is 9.18 Å². The summed E-state index contributed by atoms with van der Waals surface area (Å²) in [6, 6.07) is 4.69. The van der Waals surface area contributed by atoms with Crippen molar-refractivity contribution >= 4 is 5.97 Å². The molecule has 3 nitrogen and oxygen atoms in total. The van der Waals surface area contributed by atoms with Crippen LogP contribution < -0.4 is 0 Å². The van der Waals surface area contributed by atoms with E-state index in [0.717, 1.165) is 31.5 Å². The number of carbonyl (C=O) groups excluding carboxylic acids is 1. The highest BCUT2D eigenvalue weighted by Gasteiger charge is 2.13. The van der Waals surface area contributed by atoms with Crippen LogP contribution in [-0.4, -0.2) is 31.1 Å². The van der Waals surface area contributed by atoms with Crippen molar-refractivity contribution in [3.8, 4) is 0 Å². The van der Waals surface area contributed by atoms with E-state index in [-0.39, 0.29) is 5.56 Å². The van der Waals surface area contributed by atoms with Gasteiger partial charge < -0.3 is 4.74 Å². The van der Waals surface area contributed by atoms with E-state index >= 15 is 0 Å². The average molecular weight is 267 g/mol. The first-order valence-corrected chi connectivity index (χ1v) is 6.71. The van der Waals surface area contributed by atoms with Crippen LogP contribution >= 0.6 is 0 Å². The molecule has 0 heterocycles. The van der Waals surface area contributed by atoms with Crippen molar-refractivity contribution < 1.29 is 13.9 Å². The number of nitrogens with zero attached hydrogens (tertiary/aromatic N) is 1. The van der Waals surface area contributed by atoms with Crippen molar-refractivity contribution in [1.82, 2.24) is 4.90 Å². The molecule has 0 saturated heterocycles. The molecule has 19 heavy (non-hydrogen) atoms. The Kier molecular flexibility index (Phi) is 6.50. The van der Waals surface area contributed by atoms with Gasteiger partial charge in [-0.2, -0.15) is 0 Å². The molecule has 0 N–H and O–H groups in total. The highest BCUT2D eigenvalue weighted by molar-refractivity contribution is 5.89. The molecule has 0 bridgehead atoms. The number of methoxy groups -OCH3 is 1. The van der Waals surface area contributed by atoms with Gasteiger partial charge in [0.25, 0.3) is 0 Å². The summed E-state index contributed by atoms with van der Waals surface area (Å²) < 4.78 is 18.3. The summed E-state index contributed by atoms with van der Waals surface area (Å²) >= 11 is 0. The second-order valence-corrected chi connectivity index (χ2v) is 4.53. The predicted octanol–water partition coefficient (Wildman–Crippen LogP) is 3.23. The van der Waals surface area contributed by atoms with E-state index in [2.05, 4.69) is 23.5 Å². The minimum atomic E-state index is -0.637. The molecule has 0 amide bonds. The van der Waals surface area contributed by atoms with Crippen LogP contribution in [0.1, 0.15) is 42.6 Å². The van der Waals surface area contributed by atoms with Gasteiger partial charge in [0.1, 0.15) is 5.82 Å². The third-order valence-electron chi connectivity index (χ3n) is 3.12. The summed E-state index contributed by atoms with van der Waals surface area (Å²) in [5.74, 6) is -1.15. The Morgan fingerprint density at radius 2 is 2.11 bits per heavy atom. The first-order chi connectivity index (χ1) is 9.12. The van der Waals surface area contributed by atoms with Crippen LogP contribution in [0.2, 0.25) is 0 Å². The number of unbranched alkanes of at least 4 members (excludes halogenated alkanes) is 1. The minimum absolute atomic E-state index is 0.0112. The van der Waals surface area contributed by atoms with Crippen LogP contribution in [0.15, 0.2) is 18.2 Å². The third-order valence-corrected chi connectivity index (χ3v) is 3.12. The number of benzene rings is 1. The van der Waals surface area contributed by atoms with E-state index in [4.69, 9.17) is 0 Å². The molecule has 1 aromatic carbocycles. The molecule has 1 aromatic rings. The van der Waals surface area contributed by atoms with Crippen LogP contribution in [0.5, 0.6) is 0 Å². The van der Waals surface area contributed by atoms with Gasteiger partial charge in [-0.3, -0.25) is 4.90 Å². The number of hydrogen-bond acceptors (Lipinski definition) is 3. The van der Waals surface area contributed by atoms with Crippen molar-refractivity contribution in [2.24, 2.45) is 0 Å². The molecule has 0 aliphatic rings. The molecule has 0 fully saturated rings. The fourth-order valence-electron chi connectivity index (χ4n) is 1.92. The minimum Gasteiger partial charge on any atom is -0.465 e. The van der Waals surface area contributed by atoms with Crippen molar-refractivity contribution in [3.63, 3.8) is 0 Å².